The third-order valence-electron chi connectivity index (χ3n) is 4.66. The molecule has 4 amide bonds. The van der Waals surface area contributed by atoms with Crippen LogP contribution in [0.4, 0.5) is 10.5 Å². The number of carbonyl (C=O) groups is 3. The van der Waals surface area contributed by atoms with Gasteiger partial charge in [-0.15, -0.1) is 0 Å². The summed E-state index contributed by atoms with van der Waals surface area (Å²) in [6, 6.07) is 5.08. The lowest BCUT2D eigenvalue weighted by Crippen LogP contribution is -2.44. The SMILES string of the molecule is Cc1ccc(NC(=O)CN2C(=O)NC(C)(CCC(C)C)C2=O)cc1C. The second-order valence-corrected chi connectivity index (χ2v) is 7.43. The van der Waals surface area contributed by atoms with Crippen molar-refractivity contribution in [3.05, 3.63) is 29.3 Å². The summed E-state index contributed by atoms with van der Waals surface area (Å²) < 4.78 is 0. The fraction of sp³-hybridized carbons (Fsp3) is 0.526. The molecule has 0 spiro atoms. The van der Waals surface area contributed by atoms with Crippen LogP contribution in [-0.2, 0) is 9.59 Å². The van der Waals surface area contributed by atoms with E-state index in [0.29, 0.717) is 18.0 Å². The number of nitrogens with zero attached hydrogens (tertiary/aromatic N) is 1. The molecule has 0 radical (unpaired) electrons. The molecule has 1 aromatic rings. The number of imide groups is 1. The van der Waals surface area contributed by atoms with E-state index in [1.54, 1.807) is 13.0 Å². The first-order valence-electron chi connectivity index (χ1n) is 8.63. The first-order chi connectivity index (χ1) is 11.6. The fourth-order valence-corrected chi connectivity index (χ4v) is 2.80. The van der Waals surface area contributed by atoms with Crippen molar-refractivity contribution in [2.45, 2.75) is 53.0 Å². The minimum absolute atomic E-state index is 0.283. The zero-order valence-electron chi connectivity index (χ0n) is 15.6. The minimum atomic E-state index is -0.928. The Hall–Kier alpha value is -2.37. The molecule has 1 saturated heterocycles. The monoisotopic (exact) mass is 345 g/mol. The van der Waals surface area contributed by atoms with Gasteiger partial charge in [0.15, 0.2) is 0 Å². The Kier molecular flexibility index (Phi) is 5.50. The van der Waals surface area contributed by atoms with Gasteiger partial charge >= 0.3 is 6.03 Å². The summed E-state index contributed by atoms with van der Waals surface area (Å²) in [6.45, 7) is 9.53. The molecule has 1 atom stereocenters. The van der Waals surface area contributed by atoms with Crippen LogP contribution in [0.25, 0.3) is 0 Å². The molecule has 0 aromatic heterocycles. The summed E-state index contributed by atoms with van der Waals surface area (Å²) in [7, 11) is 0. The molecule has 1 aromatic carbocycles. The second-order valence-electron chi connectivity index (χ2n) is 7.43. The Balaban J connectivity index is 2.01. The van der Waals surface area contributed by atoms with Crippen LogP contribution in [0, 0.1) is 19.8 Å². The lowest BCUT2D eigenvalue weighted by molar-refractivity contribution is -0.133. The van der Waals surface area contributed by atoms with Crippen LogP contribution >= 0.6 is 0 Å². The van der Waals surface area contributed by atoms with Crippen molar-refractivity contribution < 1.29 is 14.4 Å². The first kappa shape index (κ1) is 19.0. The minimum Gasteiger partial charge on any atom is -0.325 e. The molecular formula is C19H27N3O3. The van der Waals surface area contributed by atoms with Crippen LogP contribution in [0.15, 0.2) is 18.2 Å². The number of urea groups is 1. The maximum Gasteiger partial charge on any atom is 0.325 e. The molecule has 1 fully saturated rings. The van der Waals surface area contributed by atoms with Crippen LogP contribution < -0.4 is 10.6 Å². The molecule has 1 aliphatic heterocycles. The number of carbonyl (C=O) groups excluding carboxylic acids is 3. The maximum atomic E-state index is 12.6. The van der Waals surface area contributed by atoms with Gasteiger partial charge in [0.25, 0.3) is 5.91 Å². The molecule has 6 heteroatoms. The Morgan fingerprint density at radius 2 is 1.92 bits per heavy atom. The van der Waals surface area contributed by atoms with Crippen LogP contribution in [0.2, 0.25) is 0 Å². The number of nitrogens with one attached hydrogen (secondary N) is 2. The van der Waals surface area contributed by atoms with E-state index in [1.807, 2.05) is 26.0 Å². The second kappa shape index (κ2) is 7.25. The predicted octanol–water partition coefficient (Wildman–Crippen LogP) is 2.99. The highest BCUT2D eigenvalue weighted by Crippen LogP contribution is 2.24. The van der Waals surface area contributed by atoms with E-state index >= 15 is 0 Å². The molecule has 0 bridgehead atoms. The van der Waals surface area contributed by atoms with Crippen molar-refractivity contribution in [1.29, 1.82) is 0 Å². The van der Waals surface area contributed by atoms with E-state index in [2.05, 4.69) is 24.5 Å². The standard InChI is InChI=1S/C19H27N3O3/c1-12(2)8-9-19(5)17(24)22(18(25)21-19)11-16(23)20-15-7-6-13(3)14(4)10-15/h6-7,10,12H,8-9,11H2,1-5H3,(H,20,23)(H,21,25). The highest BCUT2D eigenvalue weighted by atomic mass is 16.2. The average molecular weight is 345 g/mol. The number of amides is 4. The zero-order valence-corrected chi connectivity index (χ0v) is 15.6. The summed E-state index contributed by atoms with van der Waals surface area (Å²) >= 11 is 0. The molecule has 0 aliphatic carbocycles. The lowest BCUT2D eigenvalue weighted by Gasteiger charge is -2.22. The fourth-order valence-electron chi connectivity index (χ4n) is 2.80. The van der Waals surface area contributed by atoms with Crippen molar-refractivity contribution in [3.63, 3.8) is 0 Å². The molecule has 6 nitrogen and oxygen atoms in total. The predicted molar refractivity (Wildman–Crippen MR) is 97.3 cm³/mol. The zero-order chi connectivity index (χ0) is 18.8. The van der Waals surface area contributed by atoms with Crippen LogP contribution in [-0.4, -0.2) is 34.8 Å². The largest absolute Gasteiger partial charge is 0.325 e. The Bertz CT molecular complexity index is 699. The van der Waals surface area contributed by atoms with Gasteiger partial charge in [-0.3, -0.25) is 14.5 Å². The van der Waals surface area contributed by atoms with Gasteiger partial charge in [-0.1, -0.05) is 19.9 Å². The summed E-state index contributed by atoms with van der Waals surface area (Å²) in [4.78, 5) is 38.0. The van der Waals surface area contributed by atoms with Gasteiger partial charge in [-0.05, 0) is 62.8 Å². The summed E-state index contributed by atoms with van der Waals surface area (Å²) in [5, 5.41) is 5.47. The molecule has 2 rings (SSSR count). The third kappa shape index (κ3) is 4.38. The number of benzene rings is 1. The van der Waals surface area contributed by atoms with Crippen LogP contribution in [0.3, 0.4) is 0 Å². The summed E-state index contributed by atoms with van der Waals surface area (Å²) in [6.07, 6.45) is 1.38. The van der Waals surface area contributed by atoms with Gasteiger partial charge in [0.2, 0.25) is 5.91 Å². The number of anilines is 1. The molecular weight excluding hydrogens is 318 g/mol. The van der Waals surface area contributed by atoms with Crippen molar-refractivity contribution in [2.24, 2.45) is 5.92 Å². The highest BCUT2D eigenvalue weighted by molar-refractivity contribution is 6.09. The van der Waals surface area contributed by atoms with Crippen molar-refractivity contribution in [1.82, 2.24) is 10.2 Å². The van der Waals surface area contributed by atoms with Crippen molar-refractivity contribution in [2.75, 3.05) is 11.9 Å². The van der Waals surface area contributed by atoms with E-state index in [4.69, 9.17) is 0 Å². The van der Waals surface area contributed by atoms with Gasteiger partial charge in [-0.25, -0.2) is 4.79 Å². The molecule has 25 heavy (non-hydrogen) atoms. The van der Waals surface area contributed by atoms with Gasteiger partial charge in [-0.2, -0.15) is 0 Å². The van der Waals surface area contributed by atoms with Crippen molar-refractivity contribution >= 4 is 23.5 Å². The van der Waals surface area contributed by atoms with Gasteiger partial charge in [0.05, 0.1) is 0 Å². The maximum absolute atomic E-state index is 12.6. The van der Waals surface area contributed by atoms with Gasteiger partial charge in [0.1, 0.15) is 12.1 Å². The Morgan fingerprint density at radius 1 is 1.24 bits per heavy atom. The molecule has 1 aliphatic rings. The Labute approximate surface area is 149 Å². The number of hydrogen-bond acceptors (Lipinski definition) is 3. The van der Waals surface area contributed by atoms with Crippen LogP contribution in [0.5, 0.6) is 0 Å². The first-order valence-corrected chi connectivity index (χ1v) is 8.63. The van der Waals surface area contributed by atoms with E-state index in [9.17, 15) is 14.4 Å². The highest BCUT2D eigenvalue weighted by Gasteiger charge is 2.47. The van der Waals surface area contributed by atoms with Gasteiger partial charge < -0.3 is 10.6 Å². The average Bonchev–Trinajstić information content (AvgIpc) is 2.73. The van der Waals surface area contributed by atoms with E-state index in [0.717, 1.165) is 22.4 Å². The molecule has 1 heterocycles. The molecule has 0 saturated carbocycles. The number of rotatable bonds is 6. The smallest absolute Gasteiger partial charge is 0.325 e. The third-order valence-corrected chi connectivity index (χ3v) is 4.66. The Morgan fingerprint density at radius 3 is 2.52 bits per heavy atom. The molecule has 136 valence electrons. The number of aryl methyl sites for hydroxylation is 2. The lowest BCUT2D eigenvalue weighted by atomic mass is 9.92. The summed E-state index contributed by atoms with van der Waals surface area (Å²) in [5.41, 5.74) is 1.92. The van der Waals surface area contributed by atoms with E-state index < -0.39 is 11.6 Å². The van der Waals surface area contributed by atoms with Crippen molar-refractivity contribution in [3.8, 4) is 0 Å². The van der Waals surface area contributed by atoms with Crippen LogP contribution in [0.1, 0.15) is 44.7 Å². The van der Waals surface area contributed by atoms with E-state index in [-0.39, 0.29) is 18.4 Å². The molecule has 2 N–H and O–H groups in total. The molecule has 1 unspecified atom stereocenters. The van der Waals surface area contributed by atoms with E-state index in [1.165, 1.54) is 0 Å². The van der Waals surface area contributed by atoms with Gasteiger partial charge in [0, 0.05) is 5.69 Å². The normalized spacial score (nSPS) is 20.2. The topological polar surface area (TPSA) is 78.5 Å². The number of hydrogen-bond donors (Lipinski definition) is 2. The quantitative estimate of drug-likeness (QED) is 0.778. The summed E-state index contributed by atoms with van der Waals surface area (Å²) in [5.74, 6) is -0.295.